The highest BCUT2D eigenvalue weighted by Gasteiger charge is 2.16. The highest BCUT2D eigenvalue weighted by molar-refractivity contribution is 5.92. The van der Waals surface area contributed by atoms with Gasteiger partial charge >= 0.3 is 12.0 Å². The molecule has 0 atom stereocenters. The minimum Gasteiger partial charge on any atom is -0.478 e. The van der Waals surface area contributed by atoms with Crippen LogP contribution in [0.25, 0.3) is 0 Å². The molecule has 0 saturated heterocycles. The highest BCUT2D eigenvalue weighted by Crippen LogP contribution is 2.17. The first-order valence-electron chi connectivity index (χ1n) is 6.28. The van der Waals surface area contributed by atoms with Crippen molar-refractivity contribution in [2.75, 3.05) is 11.9 Å². The fraction of sp³-hybridized carbons (Fsp3) is 0.429. The molecule has 1 aromatic rings. The van der Waals surface area contributed by atoms with Gasteiger partial charge in [0.1, 0.15) is 0 Å². The van der Waals surface area contributed by atoms with Gasteiger partial charge in [0.15, 0.2) is 0 Å². The summed E-state index contributed by atoms with van der Waals surface area (Å²) in [7, 11) is 0. The summed E-state index contributed by atoms with van der Waals surface area (Å²) in [6, 6.07) is 4.58. The van der Waals surface area contributed by atoms with Crippen LogP contribution in [0.2, 0.25) is 0 Å². The van der Waals surface area contributed by atoms with Gasteiger partial charge < -0.3 is 15.3 Å². The van der Waals surface area contributed by atoms with Gasteiger partial charge in [-0.25, -0.2) is 9.59 Å². The van der Waals surface area contributed by atoms with E-state index in [1.165, 1.54) is 6.07 Å². The predicted octanol–water partition coefficient (Wildman–Crippen LogP) is 2.96. The predicted molar refractivity (Wildman–Crippen MR) is 74.7 cm³/mol. The summed E-state index contributed by atoms with van der Waals surface area (Å²) >= 11 is 0. The van der Waals surface area contributed by atoms with Crippen molar-refractivity contribution in [2.45, 2.75) is 33.7 Å². The third kappa shape index (κ3) is 3.71. The molecule has 5 heteroatoms. The molecule has 1 rings (SSSR count). The topological polar surface area (TPSA) is 69.6 Å². The fourth-order valence-corrected chi connectivity index (χ4v) is 1.87. The standard InChI is InChI=1S/C14H20N2O3/c1-5-16(9(2)3)14(19)15-12-7-6-11(13(17)18)8-10(12)4/h6-9H,5H2,1-4H3,(H,15,19)(H,17,18). The van der Waals surface area contributed by atoms with E-state index in [0.29, 0.717) is 12.2 Å². The Labute approximate surface area is 113 Å². The normalized spacial score (nSPS) is 10.4. The van der Waals surface area contributed by atoms with E-state index in [2.05, 4.69) is 5.32 Å². The molecular weight excluding hydrogens is 244 g/mol. The number of urea groups is 1. The first-order chi connectivity index (χ1) is 8.86. The smallest absolute Gasteiger partial charge is 0.335 e. The number of nitrogens with zero attached hydrogens (tertiary/aromatic N) is 1. The van der Waals surface area contributed by atoms with Crippen LogP contribution in [0.5, 0.6) is 0 Å². The van der Waals surface area contributed by atoms with E-state index in [1.807, 2.05) is 20.8 Å². The summed E-state index contributed by atoms with van der Waals surface area (Å²) in [5.41, 5.74) is 1.58. The maximum atomic E-state index is 12.1. The molecule has 0 radical (unpaired) electrons. The molecule has 2 N–H and O–H groups in total. The molecule has 0 aromatic heterocycles. The van der Waals surface area contributed by atoms with Crippen LogP contribution >= 0.6 is 0 Å². The Bertz CT molecular complexity index is 484. The second-order valence-electron chi connectivity index (χ2n) is 4.64. The van der Waals surface area contributed by atoms with Gasteiger partial charge in [0.2, 0.25) is 0 Å². The van der Waals surface area contributed by atoms with Crippen LogP contribution in [-0.2, 0) is 0 Å². The number of carbonyl (C=O) groups is 2. The molecule has 0 aliphatic carbocycles. The zero-order valence-corrected chi connectivity index (χ0v) is 11.7. The molecule has 0 spiro atoms. The molecule has 0 saturated carbocycles. The number of carbonyl (C=O) groups excluding carboxylic acids is 1. The first-order valence-corrected chi connectivity index (χ1v) is 6.28. The lowest BCUT2D eigenvalue weighted by molar-refractivity contribution is 0.0697. The van der Waals surface area contributed by atoms with Crippen molar-refractivity contribution in [1.29, 1.82) is 0 Å². The molecule has 0 heterocycles. The van der Waals surface area contributed by atoms with Crippen molar-refractivity contribution in [2.24, 2.45) is 0 Å². The van der Waals surface area contributed by atoms with Crippen LogP contribution in [0, 0.1) is 6.92 Å². The van der Waals surface area contributed by atoms with Gasteiger partial charge in [0, 0.05) is 18.3 Å². The zero-order chi connectivity index (χ0) is 14.6. The molecule has 19 heavy (non-hydrogen) atoms. The molecular formula is C14H20N2O3. The summed E-state index contributed by atoms with van der Waals surface area (Å²) in [6.07, 6.45) is 0. The van der Waals surface area contributed by atoms with E-state index in [-0.39, 0.29) is 17.6 Å². The Balaban J connectivity index is 2.88. The minimum atomic E-state index is -0.974. The number of hydrogen-bond donors (Lipinski definition) is 2. The van der Waals surface area contributed by atoms with Crippen LogP contribution in [0.3, 0.4) is 0 Å². The average Bonchev–Trinajstić information content (AvgIpc) is 2.31. The SMILES string of the molecule is CCN(C(=O)Nc1ccc(C(=O)O)cc1C)C(C)C. The number of carboxylic acid groups (broad SMARTS) is 1. The van der Waals surface area contributed by atoms with Gasteiger partial charge in [-0.1, -0.05) is 0 Å². The highest BCUT2D eigenvalue weighted by atomic mass is 16.4. The van der Waals surface area contributed by atoms with Gasteiger partial charge in [-0.2, -0.15) is 0 Å². The number of benzene rings is 1. The van der Waals surface area contributed by atoms with Crippen LogP contribution < -0.4 is 5.32 Å². The molecule has 0 aliphatic heterocycles. The monoisotopic (exact) mass is 264 g/mol. The van der Waals surface area contributed by atoms with E-state index >= 15 is 0 Å². The number of nitrogens with one attached hydrogen (secondary N) is 1. The Morgan fingerprint density at radius 2 is 2.00 bits per heavy atom. The summed E-state index contributed by atoms with van der Waals surface area (Å²) < 4.78 is 0. The van der Waals surface area contributed by atoms with Crippen LogP contribution in [0.1, 0.15) is 36.7 Å². The second-order valence-corrected chi connectivity index (χ2v) is 4.64. The quantitative estimate of drug-likeness (QED) is 0.878. The number of rotatable bonds is 4. The number of aryl methyl sites for hydroxylation is 1. The third-order valence-electron chi connectivity index (χ3n) is 2.94. The lowest BCUT2D eigenvalue weighted by atomic mass is 10.1. The Hall–Kier alpha value is -2.04. The van der Waals surface area contributed by atoms with E-state index in [0.717, 1.165) is 5.56 Å². The fourth-order valence-electron chi connectivity index (χ4n) is 1.87. The largest absolute Gasteiger partial charge is 0.478 e. The van der Waals surface area contributed by atoms with Gasteiger partial charge in [-0.05, 0) is 51.5 Å². The van der Waals surface area contributed by atoms with E-state index < -0.39 is 5.97 Å². The van der Waals surface area contributed by atoms with E-state index in [9.17, 15) is 9.59 Å². The Morgan fingerprint density at radius 3 is 2.42 bits per heavy atom. The Morgan fingerprint density at radius 1 is 1.37 bits per heavy atom. The Kier molecular flexibility index (Phi) is 4.92. The summed E-state index contributed by atoms with van der Waals surface area (Å²) in [6.45, 7) is 8.20. The summed E-state index contributed by atoms with van der Waals surface area (Å²) in [5.74, 6) is -0.974. The maximum absolute atomic E-state index is 12.1. The molecule has 0 bridgehead atoms. The number of anilines is 1. The first kappa shape index (κ1) is 15.0. The van der Waals surface area contributed by atoms with Crippen LogP contribution in [0.15, 0.2) is 18.2 Å². The van der Waals surface area contributed by atoms with Crippen LogP contribution in [-0.4, -0.2) is 34.6 Å². The van der Waals surface area contributed by atoms with Crippen molar-refractivity contribution >= 4 is 17.7 Å². The molecule has 0 unspecified atom stereocenters. The van der Waals surface area contributed by atoms with Crippen molar-refractivity contribution in [3.05, 3.63) is 29.3 Å². The molecule has 2 amide bonds. The number of hydrogen-bond acceptors (Lipinski definition) is 2. The zero-order valence-electron chi connectivity index (χ0n) is 11.7. The lowest BCUT2D eigenvalue weighted by Crippen LogP contribution is -2.39. The van der Waals surface area contributed by atoms with Gasteiger partial charge in [-0.3, -0.25) is 0 Å². The van der Waals surface area contributed by atoms with Crippen molar-refractivity contribution in [3.63, 3.8) is 0 Å². The number of carboxylic acids is 1. The number of amides is 2. The summed E-state index contributed by atoms with van der Waals surface area (Å²) in [5, 5.41) is 11.7. The van der Waals surface area contributed by atoms with Gasteiger partial charge in [0.05, 0.1) is 5.56 Å². The lowest BCUT2D eigenvalue weighted by Gasteiger charge is -2.25. The third-order valence-corrected chi connectivity index (χ3v) is 2.94. The van der Waals surface area contributed by atoms with Crippen LogP contribution in [0.4, 0.5) is 10.5 Å². The average molecular weight is 264 g/mol. The maximum Gasteiger partial charge on any atom is 0.335 e. The molecule has 5 nitrogen and oxygen atoms in total. The van der Waals surface area contributed by atoms with E-state index in [1.54, 1.807) is 24.0 Å². The van der Waals surface area contributed by atoms with Crippen molar-refractivity contribution in [1.82, 2.24) is 4.90 Å². The molecule has 0 fully saturated rings. The molecule has 1 aromatic carbocycles. The molecule has 104 valence electrons. The second kappa shape index (κ2) is 6.22. The van der Waals surface area contributed by atoms with Crippen molar-refractivity contribution < 1.29 is 14.7 Å². The molecule has 0 aliphatic rings. The number of aromatic carboxylic acids is 1. The van der Waals surface area contributed by atoms with Gasteiger partial charge in [-0.15, -0.1) is 0 Å². The van der Waals surface area contributed by atoms with Crippen molar-refractivity contribution in [3.8, 4) is 0 Å². The van der Waals surface area contributed by atoms with E-state index in [4.69, 9.17) is 5.11 Å². The summed E-state index contributed by atoms with van der Waals surface area (Å²) in [4.78, 5) is 24.6. The minimum absolute atomic E-state index is 0.114. The van der Waals surface area contributed by atoms with Gasteiger partial charge in [0.25, 0.3) is 0 Å².